The number of carbonyl (C=O) groups excluding carboxylic acids is 1. The van der Waals surface area contributed by atoms with Crippen LogP contribution in [0.5, 0.6) is 5.75 Å². The van der Waals surface area contributed by atoms with Crippen LogP contribution in [0.2, 0.25) is 0 Å². The summed E-state index contributed by atoms with van der Waals surface area (Å²) in [4.78, 5) is 15.0. The summed E-state index contributed by atoms with van der Waals surface area (Å²) in [5.41, 5.74) is 7.12. The second-order valence-electron chi connectivity index (χ2n) is 9.24. The number of carbonyl (C=O) groups is 1. The summed E-state index contributed by atoms with van der Waals surface area (Å²) in [6.07, 6.45) is 5.64. The van der Waals surface area contributed by atoms with Crippen molar-refractivity contribution in [2.45, 2.75) is 33.2 Å². The third-order valence-electron chi connectivity index (χ3n) is 6.76. The van der Waals surface area contributed by atoms with Gasteiger partial charge < -0.3 is 9.64 Å². The van der Waals surface area contributed by atoms with Gasteiger partial charge in [0.2, 0.25) is 5.91 Å². The van der Waals surface area contributed by atoms with Crippen LogP contribution < -0.4 is 15.1 Å². The number of methoxy groups -OCH3 is 1. The molecule has 33 heavy (non-hydrogen) atoms. The van der Waals surface area contributed by atoms with Crippen molar-refractivity contribution in [3.8, 4) is 5.75 Å². The zero-order valence-corrected chi connectivity index (χ0v) is 20.7. The Morgan fingerprint density at radius 1 is 1.27 bits per heavy atom. The first kappa shape index (κ1) is 23.7. The number of nitrogens with zero attached hydrogens (tertiary/aromatic N) is 2. The Bertz CT molecular complexity index is 1090. The third-order valence-corrected chi connectivity index (χ3v) is 7.01. The van der Waals surface area contributed by atoms with Gasteiger partial charge in [-0.1, -0.05) is 55.2 Å². The lowest BCUT2D eigenvalue weighted by molar-refractivity contribution is -0.123. The summed E-state index contributed by atoms with van der Waals surface area (Å²) in [5.74, 6) is 0.516. The van der Waals surface area contributed by atoms with E-state index >= 15 is 0 Å². The molecule has 1 heterocycles. The number of aryl methyl sites for hydroxylation is 1. The standard InChI is InChI=1S/C26H29Cl2N3O2/c1-26(2)20(14-23(27)28)24(26)25(32)30-29-15-17-10-11-22(33-3)19(13-17)16-31-12-6-8-18-7-4-5-9-21(18)31/h4-5,7,9-11,13-15,20,24H,6,8,12,16H2,1-3H3,(H,30,32)/b29-15-/t20-,24+/m1/s1. The average Bonchev–Trinajstić information content (AvgIpc) is 3.33. The van der Waals surface area contributed by atoms with Crippen LogP contribution in [-0.2, 0) is 17.8 Å². The summed E-state index contributed by atoms with van der Waals surface area (Å²) in [6.45, 7) is 5.80. The smallest absolute Gasteiger partial charge is 0.244 e. The highest BCUT2D eigenvalue weighted by molar-refractivity contribution is 6.55. The normalized spacial score (nSPS) is 20.8. The molecule has 2 aromatic carbocycles. The molecule has 2 atom stereocenters. The first-order valence-corrected chi connectivity index (χ1v) is 11.9. The fourth-order valence-corrected chi connectivity index (χ4v) is 5.12. The minimum Gasteiger partial charge on any atom is -0.496 e. The minimum absolute atomic E-state index is 0.0118. The van der Waals surface area contributed by atoms with Crippen LogP contribution in [0.15, 0.2) is 58.1 Å². The van der Waals surface area contributed by atoms with Crippen molar-refractivity contribution in [1.29, 1.82) is 0 Å². The number of hydrogen-bond donors (Lipinski definition) is 1. The fourth-order valence-electron chi connectivity index (χ4n) is 4.85. The molecule has 0 spiro atoms. The Kier molecular flexibility index (Phi) is 7.01. The van der Waals surface area contributed by atoms with Crippen molar-refractivity contribution >= 4 is 41.0 Å². The summed E-state index contributed by atoms with van der Waals surface area (Å²) in [5, 5.41) is 4.20. The maximum Gasteiger partial charge on any atom is 0.244 e. The molecule has 0 unspecified atom stereocenters. The molecule has 1 fully saturated rings. The van der Waals surface area contributed by atoms with Crippen molar-refractivity contribution in [2.75, 3.05) is 18.6 Å². The van der Waals surface area contributed by atoms with Gasteiger partial charge in [0.05, 0.1) is 19.2 Å². The first-order valence-electron chi connectivity index (χ1n) is 11.2. The number of amides is 1. The van der Waals surface area contributed by atoms with E-state index in [1.165, 1.54) is 11.3 Å². The summed E-state index contributed by atoms with van der Waals surface area (Å²) in [6, 6.07) is 14.5. The molecule has 1 aliphatic carbocycles. The molecule has 2 aliphatic rings. The lowest BCUT2D eigenvalue weighted by Gasteiger charge is -2.31. The molecule has 1 N–H and O–H groups in total. The van der Waals surface area contributed by atoms with Crippen molar-refractivity contribution in [2.24, 2.45) is 22.4 Å². The van der Waals surface area contributed by atoms with Crippen LogP contribution in [0.25, 0.3) is 0 Å². The van der Waals surface area contributed by atoms with Crippen molar-refractivity contribution in [3.05, 3.63) is 69.7 Å². The van der Waals surface area contributed by atoms with Gasteiger partial charge >= 0.3 is 0 Å². The van der Waals surface area contributed by atoms with E-state index in [-0.39, 0.29) is 27.6 Å². The second kappa shape index (κ2) is 9.78. The number of anilines is 1. The minimum atomic E-state index is -0.201. The fraction of sp³-hybridized carbons (Fsp3) is 0.385. The van der Waals surface area contributed by atoms with Gasteiger partial charge in [0, 0.05) is 24.3 Å². The van der Waals surface area contributed by atoms with E-state index in [2.05, 4.69) is 45.8 Å². The van der Waals surface area contributed by atoms with E-state index < -0.39 is 0 Å². The Balaban J connectivity index is 1.45. The Morgan fingerprint density at radius 2 is 2.06 bits per heavy atom. The summed E-state index contributed by atoms with van der Waals surface area (Å²) >= 11 is 11.6. The van der Waals surface area contributed by atoms with Gasteiger partial charge in [-0.2, -0.15) is 5.10 Å². The molecular formula is C26H29Cl2N3O2. The predicted octanol–water partition coefficient (Wildman–Crippen LogP) is 5.69. The molecule has 1 saturated carbocycles. The molecule has 174 valence electrons. The lowest BCUT2D eigenvalue weighted by Crippen LogP contribution is -2.29. The van der Waals surface area contributed by atoms with Crippen molar-refractivity contribution in [1.82, 2.24) is 5.43 Å². The molecule has 0 aromatic heterocycles. The van der Waals surface area contributed by atoms with Crippen LogP contribution in [0.4, 0.5) is 5.69 Å². The largest absolute Gasteiger partial charge is 0.496 e. The molecule has 2 aromatic rings. The van der Waals surface area contributed by atoms with Gasteiger partial charge in [0.25, 0.3) is 0 Å². The molecular weight excluding hydrogens is 457 g/mol. The van der Waals surface area contributed by atoms with E-state index in [1.54, 1.807) is 19.4 Å². The number of halogens is 2. The van der Waals surface area contributed by atoms with Gasteiger partial charge in [0.1, 0.15) is 10.2 Å². The molecule has 5 nitrogen and oxygen atoms in total. The maximum absolute atomic E-state index is 12.6. The maximum atomic E-state index is 12.6. The zero-order valence-electron chi connectivity index (χ0n) is 19.1. The van der Waals surface area contributed by atoms with Gasteiger partial charge in [-0.05, 0) is 65.6 Å². The number of nitrogens with one attached hydrogen (secondary N) is 1. The Labute approximate surface area is 205 Å². The molecule has 0 bridgehead atoms. The number of allylic oxidation sites excluding steroid dienone is 1. The number of para-hydroxylation sites is 1. The summed E-state index contributed by atoms with van der Waals surface area (Å²) in [7, 11) is 1.69. The topological polar surface area (TPSA) is 53.9 Å². The van der Waals surface area contributed by atoms with Gasteiger partial charge in [0.15, 0.2) is 0 Å². The molecule has 4 rings (SSSR count). The average molecular weight is 486 g/mol. The highest BCUT2D eigenvalue weighted by Gasteiger charge is 2.60. The number of ether oxygens (including phenoxy) is 1. The number of fused-ring (bicyclic) bond motifs is 1. The number of rotatable bonds is 7. The van der Waals surface area contributed by atoms with E-state index in [4.69, 9.17) is 27.9 Å². The Morgan fingerprint density at radius 3 is 2.82 bits per heavy atom. The first-order chi connectivity index (χ1) is 15.8. The van der Waals surface area contributed by atoms with Gasteiger partial charge in [-0.15, -0.1) is 0 Å². The van der Waals surface area contributed by atoms with E-state index in [0.29, 0.717) is 0 Å². The number of hydrogen-bond acceptors (Lipinski definition) is 4. The van der Waals surface area contributed by atoms with E-state index in [9.17, 15) is 4.79 Å². The third kappa shape index (κ3) is 5.20. The molecule has 7 heteroatoms. The lowest BCUT2D eigenvalue weighted by atomic mass is 10.0. The molecule has 0 radical (unpaired) electrons. The van der Waals surface area contributed by atoms with Crippen molar-refractivity contribution in [3.63, 3.8) is 0 Å². The van der Waals surface area contributed by atoms with Gasteiger partial charge in [-0.25, -0.2) is 5.43 Å². The molecule has 1 aliphatic heterocycles. The van der Waals surface area contributed by atoms with Crippen LogP contribution in [0.3, 0.4) is 0 Å². The van der Waals surface area contributed by atoms with Crippen LogP contribution in [-0.4, -0.2) is 25.8 Å². The molecule has 1 amide bonds. The predicted molar refractivity (Wildman–Crippen MR) is 135 cm³/mol. The number of hydrazone groups is 1. The SMILES string of the molecule is COc1ccc(/C=N\NC(=O)[C@@H]2[C@@H](C=C(Cl)Cl)C2(C)C)cc1CN1CCCc2ccccc21. The quantitative estimate of drug-likeness (QED) is 0.404. The summed E-state index contributed by atoms with van der Waals surface area (Å²) < 4.78 is 5.80. The van der Waals surface area contributed by atoms with Crippen LogP contribution in [0, 0.1) is 17.3 Å². The Hall–Kier alpha value is -2.50. The van der Waals surface area contributed by atoms with Crippen LogP contribution in [0.1, 0.15) is 37.0 Å². The van der Waals surface area contributed by atoms with E-state index in [0.717, 1.165) is 42.8 Å². The molecule has 0 saturated heterocycles. The highest BCUT2D eigenvalue weighted by Crippen LogP contribution is 2.59. The number of benzene rings is 2. The van der Waals surface area contributed by atoms with E-state index in [1.807, 2.05) is 26.0 Å². The van der Waals surface area contributed by atoms with Crippen LogP contribution >= 0.6 is 23.2 Å². The monoisotopic (exact) mass is 485 g/mol. The van der Waals surface area contributed by atoms with Crippen molar-refractivity contribution < 1.29 is 9.53 Å². The van der Waals surface area contributed by atoms with Gasteiger partial charge in [-0.3, -0.25) is 4.79 Å². The zero-order chi connectivity index (χ0) is 23.6. The highest BCUT2D eigenvalue weighted by atomic mass is 35.5. The second-order valence-corrected chi connectivity index (χ2v) is 10.2.